The topological polar surface area (TPSA) is 26.3 Å². The number of hydrogen-bond acceptors (Lipinski definition) is 2. The highest BCUT2D eigenvalue weighted by molar-refractivity contribution is 6.09. The van der Waals surface area contributed by atoms with E-state index in [-0.39, 0.29) is 11.6 Å². The van der Waals surface area contributed by atoms with Crippen LogP contribution in [0.4, 0.5) is 4.39 Å². The molecule has 0 bridgehead atoms. The van der Waals surface area contributed by atoms with E-state index in [0.717, 1.165) is 5.56 Å². The van der Waals surface area contributed by atoms with Crippen LogP contribution in [0.1, 0.15) is 32.6 Å². The molecule has 0 N–H and O–H groups in total. The molecule has 0 spiro atoms. The number of ketones is 1. The molecule has 0 heterocycles. The highest BCUT2D eigenvalue weighted by Crippen LogP contribution is 2.22. The van der Waals surface area contributed by atoms with E-state index in [1.165, 1.54) is 0 Å². The van der Waals surface area contributed by atoms with Crippen LogP contribution < -0.4 is 4.74 Å². The number of methoxy groups -OCH3 is 1. The van der Waals surface area contributed by atoms with Crippen molar-refractivity contribution in [3.05, 3.63) is 64.0 Å². The van der Waals surface area contributed by atoms with Gasteiger partial charge in [0.05, 0.1) is 7.11 Å². The molecule has 0 fully saturated rings. The summed E-state index contributed by atoms with van der Waals surface area (Å²) in [5.74, 6) is 0.281. The Hall–Kier alpha value is -2.16. The quantitative estimate of drug-likeness (QED) is 0.790. The van der Waals surface area contributed by atoms with Crippen molar-refractivity contribution >= 4 is 5.78 Å². The Bertz CT molecular complexity index is 652. The lowest BCUT2D eigenvalue weighted by Gasteiger charge is -2.09. The monoisotopic (exact) mass is 272 g/mol. The van der Waals surface area contributed by atoms with Gasteiger partial charge in [-0.25, -0.2) is 4.39 Å². The molecule has 0 amide bonds. The van der Waals surface area contributed by atoms with E-state index < -0.39 is 0 Å². The highest BCUT2D eigenvalue weighted by atomic mass is 19.1. The Morgan fingerprint density at radius 1 is 0.950 bits per heavy atom. The van der Waals surface area contributed by atoms with E-state index in [1.54, 1.807) is 45.2 Å². The Morgan fingerprint density at radius 2 is 1.55 bits per heavy atom. The van der Waals surface area contributed by atoms with Gasteiger partial charge >= 0.3 is 0 Å². The van der Waals surface area contributed by atoms with Crippen LogP contribution in [0.25, 0.3) is 0 Å². The number of ether oxygens (including phenoxy) is 1. The Labute approximate surface area is 118 Å². The van der Waals surface area contributed by atoms with E-state index in [2.05, 4.69) is 0 Å². The summed E-state index contributed by atoms with van der Waals surface area (Å²) in [6, 6.07) is 8.48. The molecule has 2 rings (SSSR count). The van der Waals surface area contributed by atoms with E-state index in [0.29, 0.717) is 28.0 Å². The van der Waals surface area contributed by atoms with Gasteiger partial charge in [-0.2, -0.15) is 0 Å². The van der Waals surface area contributed by atoms with Crippen molar-refractivity contribution in [2.24, 2.45) is 0 Å². The van der Waals surface area contributed by atoms with Crippen LogP contribution in [-0.2, 0) is 0 Å². The van der Waals surface area contributed by atoms with Crippen LogP contribution in [0.5, 0.6) is 5.75 Å². The van der Waals surface area contributed by atoms with Crippen molar-refractivity contribution in [2.45, 2.75) is 20.8 Å². The van der Waals surface area contributed by atoms with Gasteiger partial charge in [-0.15, -0.1) is 0 Å². The zero-order valence-corrected chi connectivity index (χ0v) is 12.1. The summed E-state index contributed by atoms with van der Waals surface area (Å²) in [5.41, 5.74) is 2.96. The Morgan fingerprint density at radius 3 is 2.10 bits per heavy atom. The first-order valence-electron chi connectivity index (χ1n) is 6.40. The lowest BCUT2D eigenvalue weighted by Crippen LogP contribution is -2.04. The van der Waals surface area contributed by atoms with Crippen LogP contribution >= 0.6 is 0 Å². The second-order valence-electron chi connectivity index (χ2n) is 4.94. The van der Waals surface area contributed by atoms with E-state index in [9.17, 15) is 9.18 Å². The predicted molar refractivity (Wildman–Crippen MR) is 77.0 cm³/mol. The van der Waals surface area contributed by atoms with Crippen LogP contribution in [0.3, 0.4) is 0 Å². The number of rotatable bonds is 3. The standard InChI is InChI=1S/C17H17FO2/c1-10-5-6-13(9-15(10)20-4)17(19)14-7-11(2)16(18)12(3)8-14/h5-9H,1-4H3. The smallest absolute Gasteiger partial charge is 0.193 e. The summed E-state index contributed by atoms with van der Waals surface area (Å²) in [5, 5.41) is 0. The normalized spacial score (nSPS) is 10.4. The molecule has 0 atom stereocenters. The molecule has 0 aliphatic rings. The molecule has 0 aliphatic heterocycles. The summed E-state index contributed by atoms with van der Waals surface area (Å²) < 4.78 is 18.8. The van der Waals surface area contributed by atoms with Crippen molar-refractivity contribution in [1.82, 2.24) is 0 Å². The van der Waals surface area contributed by atoms with E-state index >= 15 is 0 Å². The minimum Gasteiger partial charge on any atom is -0.496 e. The average molecular weight is 272 g/mol. The lowest BCUT2D eigenvalue weighted by molar-refractivity contribution is 0.103. The number of hydrogen-bond donors (Lipinski definition) is 0. The SMILES string of the molecule is COc1cc(C(=O)c2cc(C)c(F)c(C)c2)ccc1C. The maximum atomic E-state index is 13.6. The molecule has 3 heteroatoms. The second kappa shape index (κ2) is 5.45. The van der Waals surface area contributed by atoms with Crippen LogP contribution in [0, 0.1) is 26.6 Å². The Balaban J connectivity index is 2.46. The van der Waals surface area contributed by atoms with Gasteiger partial charge in [0.1, 0.15) is 11.6 Å². The van der Waals surface area contributed by atoms with Crippen molar-refractivity contribution in [1.29, 1.82) is 0 Å². The summed E-state index contributed by atoms with van der Waals surface area (Å²) in [6.07, 6.45) is 0. The fourth-order valence-corrected chi connectivity index (χ4v) is 2.20. The fourth-order valence-electron chi connectivity index (χ4n) is 2.20. The molecule has 20 heavy (non-hydrogen) atoms. The second-order valence-corrected chi connectivity index (χ2v) is 4.94. The highest BCUT2D eigenvalue weighted by Gasteiger charge is 2.14. The summed E-state index contributed by atoms with van der Waals surface area (Å²) >= 11 is 0. The zero-order chi connectivity index (χ0) is 14.9. The number of halogens is 1. The van der Waals surface area contributed by atoms with Gasteiger partial charge in [-0.05, 0) is 55.7 Å². The van der Waals surface area contributed by atoms with Crippen molar-refractivity contribution in [3.8, 4) is 5.75 Å². The number of benzene rings is 2. The molecular formula is C17H17FO2. The number of carbonyl (C=O) groups excluding carboxylic acids is 1. The first kappa shape index (κ1) is 14.3. The van der Waals surface area contributed by atoms with E-state index in [1.807, 2.05) is 13.0 Å². The lowest BCUT2D eigenvalue weighted by atomic mass is 9.98. The molecule has 0 saturated heterocycles. The minimum atomic E-state index is -0.261. The van der Waals surface area contributed by atoms with Gasteiger partial charge in [0.25, 0.3) is 0 Å². The molecule has 0 radical (unpaired) electrons. The third-order valence-electron chi connectivity index (χ3n) is 3.37. The van der Waals surface area contributed by atoms with E-state index in [4.69, 9.17) is 4.74 Å². The van der Waals surface area contributed by atoms with Crippen molar-refractivity contribution < 1.29 is 13.9 Å². The molecule has 0 saturated carbocycles. The maximum absolute atomic E-state index is 13.6. The first-order valence-corrected chi connectivity index (χ1v) is 6.40. The molecule has 0 unspecified atom stereocenters. The third kappa shape index (κ3) is 2.57. The van der Waals surface area contributed by atoms with Crippen LogP contribution in [0.15, 0.2) is 30.3 Å². The molecule has 0 aliphatic carbocycles. The molecular weight excluding hydrogens is 255 g/mol. The predicted octanol–water partition coefficient (Wildman–Crippen LogP) is 3.99. The minimum absolute atomic E-state index is 0.130. The van der Waals surface area contributed by atoms with Crippen LogP contribution in [-0.4, -0.2) is 12.9 Å². The van der Waals surface area contributed by atoms with Gasteiger partial charge in [-0.3, -0.25) is 4.79 Å². The zero-order valence-electron chi connectivity index (χ0n) is 12.1. The van der Waals surface area contributed by atoms with Crippen LogP contribution in [0.2, 0.25) is 0 Å². The molecule has 104 valence electrons. The Kier molecular flexibility index (Phi) is 3.89. The van der Waals surface area contributed by atoms with Gasteiger partial charge < -0.3 is 4.74 Å². The number of aryl methyl sites for hydroxylation is 3. The fraction of sp³-hybridized carbons (Fsp3) is 0.235. The molecule has 0 aromatic heterocycles. The molecule has 2 nitrogen and oxygen atoms in total. The van der Waals surface area contributed by atoms with Gasteiger partial charge in [0.15, 0.2) is 5.78 Å². The van der Waals surface area contributed by atoms with Gasteiger partial charge in [0, 0.05) is 11.1 Å². The molecule has 2 aromatic rings. The largest absolute Gasteiger partial charge is 0.496 e. The van der Waals surface area contributed by atoms with Crippen molar-refractivity contribution in [2.75, 3.05) is 7.11 Å². The number of carbonyl (C=O) groups is 1. The third-order valence-corrected chi connectivity index (χ3v) is 3.37. The maximum Gasteiger partial charge on any atom is 0.193 e. The molecule has 2 aromatic carbocycles. The van der Waals surface area contributed by atoms with Gasteiger partial charge in [0.2, 0.25) is 0 Å². The summed E-state index contributed by atoms with van der Waals surface area (Å²) in [6.45, 7) is 5.24. The van der Waals surface area contributed by atoms with Gasteiger partial charge in [-0.1, -0.05) is 12.1 Å². The average Bonchev–Trinajstić information content (AvgIpc) is 2.44. The van der Waals surface area contributed by atoms with Crippen molar-refractivity contribution in [3.63, 3.8) is 0 Å². The summed E-state index contributed by atoms with van der Waals surface area (Å²) in [7, 11) is 1.57. The first-order chi connectivity index (χ1) is 9.43. The summed E-state index contributed by atoms with van der Waals surface area (Å²) in [4.78, 5) is 12.5.